The van der Waals surface area contributed by atoms with Crippen molar-refractivity contribution < 1.29 is 14.3 Å². The van der Waals surface area contributed by atoms with E-state index in [1.54, 1.807) is 7.11 Å². The Morgan fingerprint density at radius 3 is 2.78 bits per heavy atom. The number of nitrogens with one attached hydrogen (secondary N) is 1. The van der Waals surface area contributed by atoms with Crippen molar-refractivity contribution in [1.82, 2.24) is 10.2 Å². The first-order chi connectivity index (χ1) is 11.3. The first kappa shape index (κ1) is 17.9. The molecule has 1 amide bonds. The third-order valence-corrected chi connectivity index (χ3v) is 4.11. The molecule has 23 heavy (non-hydrogen) atoms. The summed E-state index contributed by atoms with van der Waals surface area (Å²) >= 11 is 0. The van der Waals surface area contributed by atoms with Gasteiger partial charge in [0.15, 0.2) is 0 Å². The molecule has 0 saturated carbocycles. The summed E-state index contributed by atoms with van der Waals surface area (Å²) in [6, 6.07) is 10.1. The first-order valence-electron chi connectivity index (χ1n) is 8.41. The molecule has 5 heteroatoms. The van der Waals surface area contributed by atoms with Gasteiger partial charge in [-0.1, -0.05) is 30.3 Å². The molecule has 0 bridgehead atoms. The maximum atomic E-state index is 12.8. The molecule has 1 aliphatic heterocycles. The highest BCUT2D eigenvalue weighted by atomic mass is 16.5. The molecule has 1 aromatic rings. The predicted octanol–water partition coefficient (Wildman–Crippen LogP) is 1.68. The molecule has 0 aliphatic carbocycles. The highest BCUT2D eigenvalue weighted by molar-refractivity contribution is 5.79. The molecular weight excluding hydrogens is 292 g/mol. The third-order valence-electron chi connectivity index (χ3n) is 4.11. The smallest absolute Gasteiger partial charge is 0.227 e. The van der Waals surface area contributed by atoms with Crippen molar-refractivity contribution in [2.45, 2.75) is 19.4 Å². The van der Waals surface area contributed by atoms with Gasteiger partial charge in [0.2, 0.25) is 5.91 Å². The van der Waals surface area contributed by atoms with Crippen molar-refractivity contribution in [2.75, 3.05) is 46.6 Å². The molecule has 0 spiro atoms. The van der Waals surface area contributed by atoms with E-state index >= 15 is 0 Å². The van der Waals surface area contributed by atoms with Crippen molar-refractivity contribution in [2.24, 2.45) is 5.92 Å². The molecular formula is C18H28N2O3. The number of piperidine rings is 1. The van der Waals surface area contributed by atoms with Crippen molar-refractivity contribution >= 4 is 5.91 Å². The zero-order valence-corrected chi connectivity index (χ0v) is 14.0. The van der Waals surface area contributed by atoms with E-state index in [2.05, 4.69) is 17.4 Å². The number of carbonyl (C=O) groups excluding carboxylic acids is 1. The summed E-state index contributed by atoms with van der Waals surface area (Å²) < 4.78 is 10.5. The van der Waals surface area contributed by atoms with Gasteiger partial charge in [0.25, 0.3) is 0 Å². The molecule has 2 rings (SSSR count). The molecule has 1 atom stereocenters. The minimum atomic E-state index is 0.0893. The number of hydrogen-bond acceptors (Lipinski definition) is 4. The number of amides is 1. The van der Waals surface area contributed by atoms with Crippen molar-refractivity contribution in [3.63, 3.8) is 0 Å². The number of rotatable bonds is 9. The Bertz CT molecular complexity index is 447. The lowest BCUT2D eigenvalue weighted by Crippen LogP contribution is -2.44. The molecule has 128 valence electrons. The Morgan fingerprint density at radius 2 is 2.09 bits per heavy atom. The fourth-order valence-electron chi connectivity index (χ4n) is 2.81. The van der Waals surface area contributed by atoms with Gasteiger partial charge in [0.1, 0.15) is 0 Å². The molecule has 1 aromatic carbocycles. The van der Waals surface area contributed by atoms with E-state index in [9.17, 15) is 4.79 Å². The van der Waals surface area contributed by atoms with Gasteiger partial charge in [0, 0.05) is 26.7 Å². The van der Waals surface area contributed by atoms with Crippen molar-refractivity contribution in [1.29, 1.82) is 0 Å². The van der Waals surface area contributed by atoms with Crippen LogP contribution in [0.4, 0.5) is 0 Å². The second-order valence-corrected chi connectivity index (χ2v) is 5.89. The highest BCUT2D eigenvalue weighted by Gasteiger charge is 2.25. The number of methoxy groups -OCH3 is 1. The summed E-state index contributed by atoms with van der Waals surface area (Å²) in [5.74, 6) is 0.322. The molecule has 1 N–H and O–H groups in total. The molecule has 1 heterocycles. The number of carbonyl (C=O) groups is 1. The van der Waals surface area contributed by atoms with Crippen molar-refractivity contribution in [3.8, 4) is 0 Å². The van der Waals surface area contributed by atoms with Crippen LogP contribution in [-0.2, 0) is 20.8 Å². The Hall–Kier alpha value is -1.43. The summed E-state index contributed by atoms with van der Waals surface area (Å²) in [5.41, 5.74) is 1.15. The average molecular weight is 320 g/mol. The SMILES string of the molecule is COCCOCCN(Cc1ccccc1)C(=O)C1CCCNC1. The molecule has 1 saturated heterocycles. The minimum Gasteiger partial charge on any atom is -0.382 e. The largest absolute Gasteiger partial charge is 0.382 e. The predicted molar refractivity (Wildman–Crippen MR) is 90.1 cm³/mol. The summed E-state index contributed by atoms with van der Waals surface area (Å²) in [7, 11) is 1.66. The summed E-state index contributed by atoms with van der Waals surface area (Å²) in [6.45, 7) is 4.76. The summed E-state index contributed by atoms with van der Waals surface area (Å²) in [6.07, 6.45) is 2.04. The zero-order chi connectivity index (χ0) is 16.3. The van der Waals surface area contributed by atoms with Crippen LogP contribution in [0.1, 0.15) is 18.4 Å². The molecule has 0 radical (unpaired) electrons. The lowest BCUT2D eigenvalue weighted by Gasteiger charge is -2.30. The van der Waals surface area contributed by atoms with Gasteiger partial charge in [-0.3, -0.25) is 4.79 Å². The van der Waals surface area contributed by atoms with Crippen LogP contribution < -0.4 is 5.32 Å². The summed E-state index contributed by atoms with van der Waals surface area (Å²) in [4.78, 5) is 14.8. The monoisotopic (exact) mass is 320 g/mol. The second-order valence-electron chi connectivity index (χ2n) is 5.89. The van der Waals surface area contributed by atoms with Crippen LogP contribution in [0, 0.1) is 5.92 Å². The fraction of sp³-hybridized carbons (Fsp3) is 0.611. The van der Waals surface area contributed by atoms with E-state index in [0.717, 1.165) is 31.5 Å². The molecule has 1 unspecified atom stereocenters. The van der Waals surface area contributed by atoms with Crippen LogP contribution in [0.15, 0.2) is 30.3 Å². The fourth-order valence-corrected chi connectivity index (χ4v) is 2.81. The quantitative estimate of drug-likeness (QED) is 0.703. The Balaban J connectivity index is 1.91. The zero-order valence-electron chi connectivity index (χ0n) is 14.0. The maximum absolute atomic E-state index is 12.8. The number of nitrogens with zero attached hydrogens (tertiary/aromatic N) is 1. The van der Waals surface area contributed by atoms with Gasteiger partial charge < -0.3 is 19.7 Å². The lowest BCUT2D eigenvalue weighted by atomic mass is 9.98. The van der Waals surface area contributed by atoms with Crippen LogP contribution in [0.5, 0.6) is 0 Å². The maximum Gasteiger partial charge on any atom is 0.227 e. The normalized spacial score (nSPS) is 17.9. The first-order valence-corrected chi connectivity index (χ1v) is 8.41. The molecule has 0 aromatic heterocycles. The van der Waals surface area contributed by atoms with Crippen LogP contribution in [0.25, 0.3) is 0 Å². The second kappa shape index (κ2) is 10.4. The van der Waals surface area contributed by atoms with E-state index in [0.29, 0.717) is 32.9 Å². The molecule has 5 nitrogen and oxygen atoms in total. The standard InChI is InChI=1S/C18H28N2O3/c1-22-12-13-23-11-10-20(15-16-6-3-2-4-7-16)18(21)17-8-5-9-19-14-17/h2-4,6-7,17,19H,5,8-15H2,1H3. The molecule has 1 fully saturated rings. The number of hydrogen-bond donors (Lipinski definition) is 1. The van der Waals surface area contributed by atoms with E-state index < -0.39 is 0 Å². The van der Waals surface area contributed by atoms with E-state index in [1.807, 2.05) is 23.1 Å². The Kier molecular flexibility index (Phi) is 8.07. The van der Waals surface area contributed by atoms with Crippen molar-refractivity contribution in [3.05, 3.63) is 35.9 Å². The van der Waals surface area contributed by atoms with Crippen LogP contribution in [0.2, 0.25) is 0 Å². The topological polar surface area (TPSA) is 50.8 Å². The third kappa shape index (κ3) is 6.29. The number of ether oxygens (including phenoxy) is 2. The van der Waals surface area contributed by atoms with Crippen LogP contribution in [-0.4, -0.2) is 57.4 Å². The number of benzene rings is 1. The Morgan fingerprint density at radius 1 is 1.26 bits per heavy atom. The van der Waals surface area contributed by atoms with Gasteiger partial charge in [-0.25, -0.2) is 0 Å². The van der Waals surface area contributed by atoms with E-state index in [1.165, 1.54) is 0 Å². The van der Waals surface area contributed by atoms with Crippen LogP contribution >= 0.6 is 0 Å². The lowest BCUT2D eigenvalue weighted by molar-refractivity contribution is -0.137. The van der Waals surface area contributed by atoms with Gasteiger partial charge >= 0.3 is 0 Å². The van der Waals surface area contributed by atoms with Gasteiger partial charge in [-0.05, 0) is 24.9 Å². The van der Waals surface area contributed by atoms with Gasteiger partial charge in [-0.2, -0.15) is 0 Å². The molecule has 1 aliphatic rings. The average Bonchev–Trinajstić information content (AvgIpc) is 2.61. The van der Waals surface area contributed by atoms with E-state index in [-0.39, 0.29) is 11.8 Å². The van der Waals surface area contributed by atoms with Gasteiger partial charge in [-0.15, -0.1) is 0 Å². The minimum absolute atomic E-state index is 0.0893. The van der Waals surface area contributed by atoms with Gasteiger partial charge in [0.05, 0.1) is 25.7 Å². The van der Waals surface area contributed by atoms with Crippen LogP contribution in [0.3, 0.4) is 0 Å². The van der Waals surface area contributed by atoms with E-state index in [4.69, 9.17) is 9.47 Å². The Labute approximate surface area is 139 Å². The summed E-state index contributed by atoms with van der Waals surface area (Å²) in [5, 5.41) is 3.32. The highest BCUT2D eigenvalue weighted by Crippen LogP contribution is 2.15.